The summed E-state index contributed by atoms with van der Waals surface area (Å²) in [5, 5.41) is 17.1. The third-order valence-electron chi connectivity index (χ3n) is 5.27. The molecule has 1 aliphatic heterocycles. The minimum absolute atomic E-state index is 0.0589. The first-order valence-electron chi connectivity index (χ1n) is 8.21. The molecule has 1 amide bonds. The highest BCUT2D eigenvalue weighted by atomic mass is 16.3. The first-order valence-corrected chi connectivity index (χ1v) is 8.21. The molecule has 1 aliphatic rings. The molecule has 0 bridgehead atoms. The predicted octanol–water partition coefficient (Wildman–Crippen LogP) is 3.90. The van der Waals surface area contributed by atoms with Gasteiger partial charge < -0.3 is 20.4 Å². The summed E-state index contributed by atoms with van der Waals surface area (Å²) in [5.41, 5.74) is 5.26. The summed E-state index contributed by atoms with van der Waals surface area (Å²) in [6.07, 6.45) is 0. The van der Waals surface area contributed by atoms with Gasteiger partial charge in [-0.15, -0.1) is 0 Å². The maximum Gasteiger partial charge on any atom is 0.252 e. The number of benzene rings is 3. The summed E-state index contributed by atoms with van der Waals surface area (Å²) in [6.45, 7) is 0.522. The summed E-state index contributed by atoms with van der Waals surface area (Å²) >= 11 is 0. The van der Waals surface area contributed by atoms with Crippen LogP contribution in [-0.2, 0) is 6.54 Å². The van der Waals surface area contributed by atoms with Crippen LogP contribution in [0.4, 0.5) is 0 Å². The molecule has 0 fully saturated rings. The van der Waals surface area contributed by atoms with E-state index in [2.05, 4.69) is 21.4 Å². The van der Waals surface area contributed by atoms with Crippen LogP contribution in [0.5, 0.6) is 5.75 Å². The van der Waals surface area contributed by atoms with E-state index in [1.54, 1.807) is 12.1 Å². The van der Waals surface area contributed by atoms with Gasteiger partial charge in [0.05, 0.1) is 22.1 Å². The van der Waals surface area contributed by atoms with Crippen LogP contribution in [0.2, 0.25) is 0 Å². The van der Waals surface area contributed by atoms with Crippen molar-refractivity contribution in [3.05, 3.63) is 53.6 Å². The van der Waals surface area contributed by atoms with Gasteiger partial charge in [0, 0.05) is 33.6 Å². The van der Waals surface area contributed by atoms with Gasteiger partial charge in [-0.05, 0) is 17.7 Å². The van der Waals surface area contributed by atoms with E-state index < -0.39 is 0 Å². The zero-order valence-corrected chi connectivity index (χ0v) is 13.1. The molecular formula is C20H13N3O2. The number of nitrogens with one attached hydrogen (secondary N) is 3. The van der Waals surface area contributed by atoms with Crippen LogP contribution in [0, 0.1) is 0 Å². The van der Waals surface area contributed by atoms with Crippen molar-refractivity contribution >= 4 is 49.5 Å². The number of carbonyl (C=O) groups is 1. The van der Waals surface area contributed by atoms with E-state index in [1.165, 1.54) is 0 Å². The topological polar surface area (TPSA) is 80.9 Å². The molecule has 5 heteroatoms. The summed E-state index contributed by atoms with van der Waals surface area (Å²) in [7, 11) is 0. The number of phenolic OH excluding ortho intramolecular Hbond substituents is 1. The second kappa shape index (κ2) is 4.13. The fourth-order valence-corrected chi connectivity index (χ4v) is 4.25. The van der Waals surface area contributed by atoms with Crippen LogP contribution in [-0.4, -0.2) is 21.0 Å². The Morgan fingerprint density at radius 3 is 2.56 bits per heavy atom. The molecule has 4 N–H and O–H groups in total. The molecule has 0 unspecified atom stereocenters. The maximum atomic E-state index is 12.6. The van der Waals surface area contributed by atoms with Crippen molar-refractivity contribution in [3.63, 3.8) is 0 Å². The maximum absolute atomic E-state index is 12.6. The van der Waals surface area contributed by atoms with Gasteiger partial charge in [0.25, 0.3) is 5.91 Å². The Balaban J connectivity index is 2.01. The number of aromatic hydroxyl groups is 1. The highest BCUT2D eigenvalue weighted by Gasteiger charge is 2.29. The number of H-pyrrole nitrogens is 2. The largest absolute Gasteiger partial charge is 0.506 e. The lowest BCUT2D eigenvalue weighted by molar-refractivity contribution is 0.0967. The van der Waals surface area contributed by atoms with E-state index in [0.717, 1.165) is 43.7 Å². The third kappa shape index (κ3) is 1.42. The molecule has 3 heterocycles. The third-order valence-corrected chi connectivity index (χ3v) is 5.27. The summed E-state index contributed by atoms with van der Waals surface area (Å²) in [5.74, 6) is 0.126. The Labute approximate surface area is 141 Å². The van der Waals surface area contributed by atoms with E-state index in [-0.39, 0.29) is 11.7 Å². The lowest BCUT2D eigenvalue weighted by atomic mass is 9.97. The molecular weight excluding hydrogens is 314 g/mol. The average Bonchev–Trinajstić information content (AvgIpc) is 3.28. The standard InChI is InChI=1S/C20H13N3O2/c24-13-7-3-5-10-15-16-11(8-21-20(16)25)14-9-4-1-2-6-12(9)22-18(14)19(15)23-17(10)13/h1-7,22-24H,8H2,(H,21,25). The number of aromatic amines is 2. The molecule has 0 atom stereocenters. The fourth-order valence-electron chi connectivity index (χ4n) is 4.25. The molecule has 120 valence electrons. The minimum atomic E-state index is -0.0589. The number of carbonyl (C=O) groups excluding carboxylic acids is 1. The SMILES string of the molecule is O=C1NCc2c1c1c3cccc(O)c3[nH]c1c1[nH]c3ccccc3c21. The lowest BCUT2D eigenvalue weighted by Gasteiger charge is -2.03. The first-order chi connectivity index (χ1) is 12.2. The van der Waals surface area contributed by atoms with Crippen molar-refractivity contribution in [2.45, 2.75) is 6.54 Å². The molecule has 0 spiro atoms. The van der Waals surface area contributed by atoms with Gasteiger partial charge in [-0.25, -0.2) is 0 Å². The highest BCUT2D eigenvalue weighted by molar-refractivity contribution is 6.30. The Kier molecular flexibility index (Phi) is 2.13. The molecule has 0 saturated carbocycles. The van der Waals surface area contributed by atoms with Crippen LogP contribution in [0.1, 0.15) is 15.9 Å². The van der Waals surface area contributed by atoms with E-state index in [9.17, 15) is 9.90 Å². The number of rotatable bonds is 0. The molecule has 5 aromatic rings. The molecule has 6 rings (SSSR count). The van der Waals surface area contributed by atoms with Gasteiger partial charge in [-0.2, -0.15) is 0 Å². The van der Waals surface area contributed by atoms with E-state index in [4.69, 9.17) is 0 Å². The second-order valence-corrected chi connectivity index (χ2v) is 6.53. The quantitative estimate of drug-likeness (QED) is 0.348. The summed E-state index contributed by atoms with van der Waals surface area (Å²) in [6, 6.07) is 13.5. The van der Waals surface area contributed by atoms with Crippen molar-refractivity contribution < 1.29 is 9.90 Å². The molecule has 2 aromatic heterocycles. The highest BCUT2D eigenvalue weighted by Crippen LogP contribution is 2.42. The number of para-hydroxylation sites is 2. The molecule has 5 nitrogen and oxygen atoms in total. The van der Waals surface area contributed by atoms with Gasteiger partial charge in [-0.3, -0.25) is 4.79 Å². The van der Waals surface area contributed by atoms with Gasteiger partial charge in [0.1, 0.15) is 5.75 Å². The Morgan fingerprint density at radius 1 is 0.840 bits per heavy atom. The predicted molar refractivity (Wildman–Crippen MR) is 98.0 cm³/mol. The van der Waals surface area contributed by atoms with Gasteiger partial charge in [0.15, 0.2) is 0 Å². The van der Waals surface area contributed by atoms with E-state index in [1.807, 2.05) is 24.3 Å². The van der Waals surface area contributed by atoms with Crippen molar-refractivity contribution in [1.29, 1.82) is 0 Å². The molecule has 3 aromatic carbocycles. The first kappa shape index (κ1) is 12.9. The fraction of sp³-hybridized carbons (Fsp3) is 0.0500. The number of phenols is 1. The van der Waals surface area contributed by atoms with Crippen LogP contribution in [0.3, 0.4) is 0 Å². The Hall–Kier alpha value is -3.47. The summed E-state index contributed by atoms with van der Waals surface area (Å²) < 4.78 is 0. The molecule has 0 saturated heterocycles. The molecule has 0 aliphatic carbocycles. The van der Waals surface area contributed by atoms with Gasteiger partial charge in [0.2, 0.25) is 0 Å². The van der Waals surface area contributed by atoms with E-state index in [0.29, 0.717) is 17.6 Å². The normalized spacial score (nSPS) is 14.0. The zero-order chi connectivity index (χ0) is 16.7. The Morgan fingerprint density at radius 2 is 1.64 bits per heavy atom. The van der Waals surface area contributed by atoms with Crippen LogP contribution in [0.15, 0.2) is 42.5 Å². The zero-order valence-electron chi connectivity index (χ0n) is 13.1. The number of hydrogen-bond donors (Lipinski definition) is 4. The Bertz CT molecular complexity index is 1370. The molecule has 0 radical (unpaired) electrons. The minimum Gasteiger partial charge on any atom is -0.506 e. The number of amides is 1. The number of hydrogen-bond acceptors (Lipinski definition) is 2. The van der Waals surface area contributed by atoms with Crippen LogP contribution >= 0.6 is 0 Å². The van der Waals surface area contributed by atoms with Gasteiger partial charge >= 0.3 is 0 Å². The number of fused-ring (bicyclic) bond motifs is 10. The smallest absolute Gasteiger partial charge is 0.252 e. The summed E-state index contributed by atoms with van der Waals surface area (Å²) in [4.78, 5) is 19.4. The lowest BCUT2D eigenvalue weighted by Crippen LogP contribution is -2.12. The van der Waals surface area contributed by atoms with Crippen LogP contribution < -0.4 is 5.32 Å². The monoisotopic (exact) mass is 327 g/mol. The second-order valence-electron chi connectivity index (χ2n) is 6.53. The van der Waals surface area contributed by atoms with Crippen molar-refractivity contribution in [1.82, 2.24) is 15.3 Å². The number of aromatic nitrogens is 2. The average molecular weight is 327 g/mol. The molecule has 25 heavy (non-hydrogen) atoms. The van der Waals surface area contributed by atoms with Crippen molar-refractivity contribution in [2.75, 3.05) is 0 Å². The van der Waals surface area contributed by atoms with Gasteiger partial charge in [-0.1, -0.05) is 30.3 Å². The van der Waals surface area contributed by atoms with Crippen molar-refractivity contribution in [2.24, 2.45) is 0 Å². The van der Waals surface area contributed by atoms with Crippen LogP contribution in [0.25, 0.3) is 43.6 Å². The van der Waals surface area contributed by atoms with Crippen molar-refractivity contribution in [3.8, 4) is 5.75 Å². The van der Waals surface area contributed by atoms with E-state index >= 15 is 0 Å².